The Hall–Kier alpha value is -2.86. The Bertz CT molecular complexity index is 755. The fourth-order valence-electron chi connectivity index (χ4n) is 3.12. The number of hydrogen-bond acceptors (Lipinski definition) is 4. The Kier molecular flexibility index (Phi) is 5.53. The highest BCUT2D eigenvalue weighted by atomic mass is 16.5. The van der Waals surface area contributed by atoms with Crippen molar-refractivity contribution in [2.45, 2.75) is 25.0 Å². The lowest BCUT2D eigenvalue weighted by Crippen LogP contribution is -2.41. The average Bonchev–Trinajstić information content (AvgIpc) is 2.63. The van der Waals surface area contributed by atoms with Gasteiger partial charge in [0.2, 0.25) is 0 Å². The van der Waals surface area contributed by atoms with Gasteiger partial charge in [0.05, 0.1) is 12.1 Å². The molecule has 1 aliphatic carbocycles. The maximum Gasteiger partial charge on any atom is 0.255 e. The molecule has 6 heteroatoms. The number of primary amides is 1. The van der Waals surface area contributed by atoms with E-state index in [0.29, 0.717) is 24.2 Å². The SMILES string of the molecule is NC(=O)COc1ccc(C(=O)N[C@@H](c2ccccc2)C2CC(O)C2)cc1. The highest BCUT2D eigenvalue weighted by molar-refractivity contribution is 5.94. The number of aliphatic hydroxyl groups is 1. The van der Waals surface area contributed by atoms with E-state index >= 15 is 0 Å². The van der Waals surface area contributed by atoms with Gasteiger partial charge in [-0.25, -0.2) is 0 Å². The lowest BCUT2D eigenvalue weighted by atomic mass is 9.75. The number of carbonyl (C=O) groups is 2. The second-order valence-corrected chi connectivity index (χ2v) is 6.53. The third-order valence-electron chi connectivity index (χ3n) is 4.56. The quantitative estimate of drug-likeness (QED) is 0.705. The smallest absolute Gasteiger partial charge is 0.255 e. The molecule has 3 rings (SSSR count). The van der Waals surface area contributed by atoms with Crippen LogP contribution in [0.2, 0.25) is 0 Å². The van der Waals surface area contributed by atoms with Crippen LogP contribution < -0.4 is 15.8 Å². The first kappa shape index (κ1) is 17.9. The molecule has 26 heavy (non-hydrogen) atoms. The first-order valence-corrected chi connectivity index (χ1v) is 8.58. The summed E-state index contributed by atoms with van der Waals surface area (Å²) in [6, 6.07) is 16.2. The third kappa shape index (κ3) is 4.40. The predicted molar refractivity (Wildman–Crippen MR) is 96.5 cm³/mol. The summed E-state index contributed by atoms with van der Waals surface area (Å²) < 4.78 is 5.20. The number of hydrogen-bond donors (Lipinski definition) is 3. The van der Waals surface area contributed by atoms with Crippen LogP contribution in [-0.2, 0) is 4.79 Å². The van der Waals surface area contributed by atoms with E-state index in [1.165, 1.54) is 0 Å². The van der Waals surface area contributed by atoms with Crippen LogP contribution >= 0.6 is 0 Å². The molecule has 4 N–H and O–H groups in total. The van der Waals surface area contributed by atoms with Crippen molar-refractivity contribution in [1.82, 2.24) is 5.32 Å². The van der Waals surface area contributed by atoms with Crippen molar-refractivity contribution < 1.29 is 19.4 Å². The van der Waals surface area contributed by atoms with Crippen LogP contribution in [0, 0.1) is 5.92 Å². The monoisotopic (exact) mass is 354 g/mol. The van der Waals surface area contributed by atoms with Crippen molar-refractivity contribution in [1.29, 1.82) is 0 Å². The summed E-state index contributed by atoms with van der Waals surface area (Å²) in [6.45, 7) is -0.203. The number of rotatable bonds is 7. The Morgan fingerprint density at radius 1 is 1.12 bits per heavy atom. The maximum absolute atomic E-state index is 12.6. The number of ether oxygens (including phenoxy) is 1. The first-order chi connectivity index (χ1) is 12.5. The van der Waals surface area contributed by atoms with Gasteiger partial charge >= 0.3 is 0 Å². The van der Waals surface area contributed by atoms with Crippen LogP contribution in [0.3, 0.4) is 0 Å². The lowest BCUT2D eigenvalue weighted by molar-refractivity contribution is -0.119. The molecule has 2 amide bonds. The second-order valence-electron chi connectivity index (χ2n) is 6.53. The molecule has 1 atom stereocenters. The van der Waals surface area contributed by atoms with Gasteiger partial charge in [0, 0.05) is 5.56 Å². The topological polar surface area (TPSA) is 102 Å². The summed E-state index contributed by atoms with van der Waals surface area (Å²) in [4.78, 5) is 23.4. The summed E-state index contributed by atoms with van der Waals surface area (Å²) in [5.41, 5.74) is 6.56. The Balaban J connectivity index is 1.68. The zero-order chi connectivity index (χ0) is 18.5. The largest absolute Gasteiger partial charge is 0.484 e. The molecule has 0 heterocycles. The van der Waals surface area contributed by atoms with Crippen LogP contribution in [0.1, 0.15) is 34.8 Å². The van der Waals surface area contributed by atoms with E-state index in [0.717, 1.165) is 5.56 Å². The van der Waals surface area contributed by atoms with Crippen LogP contribution in [-0.4, -0.2) is 29.6 Å². The van der Waals surface area contributed by atoms with Gasteiger partial charge in [-0.3, -0.25) is 9.59 Å². The highest BCUT2D eigenvalue weighted by Gasteiger charge is 2.35. The molecule has 1 saturated carbocycles. The normalized spacial score (nSPS) is 19.9. The van der Waals surface area contributed by atoms with Crippen LogP contribution in [0.5, 0.6) is 5.75 Å². The Labute approximate surface area is 152 Å². The van der Waals surface area contributed by atoms with Crippen molar-refractivity contribution >= 4 is 11.8 Å². The number of nitrogens with two attached hydrogens (primary N) is 1. The number of nitrogens with one attached hydrogen (secondary N) is 1. The van der Waals surface area contributed by atoms with Gasteiger partial charge in [-0.05, 0) is 48.6 Å². The van der Waals surface area contributed by atoms with E-state index in [-0.39, 0.29) is 30.6 Å². The van der Waals surface area contributed by atoms with Crippen molar-refractivity contribution in [3.63, 3.8) is 0 Å². The van der Waals surface area contributed by atoms with Crippen molar-refractivity contribution in [3.05, 3.63) is 65.7 Å². The highest BCUT2D eigenvalue weighted by Crippen LogP contribution is 2.38. The minimum absolute atomic E-state index is 0.141. The molecule has 136 valence electrons. The first-order valence-electron chi connectivity index (χ1n) is 8.58. The molecule has 1 aliphatic rings. The molecule has 1 fully saturated rings. The van der Waals surface area contributed by atoms with E-state index in [1.807, 2.05) is 30.3 Å². The zero-order valence-electron chi connectivity index (χ0n) is 14.3. The molecule has 0 saturated heterocycles. The average molecular weight is 354 g/mol. The Morgan fingerprint density at radius 3 is 2.35 bits per heavy atom. The zero-order valence-corrected chi connectivity index (χ0v) is 14.3. The molecule has 0 unspecified atom stereocenters. The van der Waals surface area contributed by atoms with Crippen LogP contribution in [0.4, 0.5) is 0 Å². The molecular formula is C20H22N2O4. The molecule has 0 bridgehead atoms. The van der Waals surface area contributed by atoms with E-state index in [4.69, 9.17) is 10.5 Å². The molecule has 0 aromatic heterocycles. The van der Waals surface area contributed by atoms with Crippen molar-refractivity contribution in [3.8, 4) is 5.75 Å². The number of aliphatic hydroxyl groups excluding tert-OH is 1. The number of benzene rings is 2. The van der Waals surface area contributed by atoms with Crippen LogP contribution in [0.15, 0.2) is 54.6 Å². The summed E-state index contributed by atoms with van der Waals surface area (Å²) in [7, 11) is 0. The van der Waals surface area contributed by atoms with Crippen LogP contribution in [0.25, 0.3) is 0 Å². The standard InChI is InChI=1S/C20H22N2O4/c21-18(24)12-26-17-8-6-14(7-9-17)20(25)22-19(15-10-16(23)11-15)13-4-2-1-3-5-13/h1-9,15-16,19,23H,10-12H2,(H2,21,24)(H,22,25)/t15?,16?,19-/m0/s1. The minimum Gasteiger partial charge on any atom is -0.484 e. The van der Waals surface area contributed by atoms with E-state index in [1.54, 1.807) is 24.3 Å². The summed E-state index contributed by atoms with van der Waals surface area (Å²) in [5, 5.41) is 12.7. The molecule has 0 radical (unpaired) electrons. The molecular weight excluding hydrogens is 332 g/mol. The van der Waals surface area contributed by atoms with Gasteiger partial charge in [-0.2, -0.15) is 0 Å². The molecule has 0 spiro atoms. The van der Waals surface area contributed by atoms with Gasteiger partial charge in [0.1, 0.15) is 5.75 Å². The lowest BCUT2D eigenvalue weighted by Gasteiger charge is -2.38. The molecule has 2 aromatic carbocycles. The van der Waals surface area contributed by atoms with Gasteiger partial charge in [0.15, 0.2) is 6.61 Å². The van der Waals surface area contributed by atoms with Gasteiger partial charge < -0.3 is 20.9 Å². The van der Waals surface area contributed by atoms with E-state index in [2.05, 4.69) is 5.32 Å². The van der Waals surface area contributed by atoms with Gasteiger partial charge in [0.25, 0.3) is 11.8 Å². The van der Waals surface area contributed by atoms with Crippen molar-refractivity contribution in [2.24, 2.45) is 11.7 Å². The van der Waals surface area contributed by atoms with E-state index < -0.39 is 5.91 Å². The summed E-state index contributed by atoms with van der Waals surface area (Å²) in [6.07, 6.45) is 1.07. The summed E-state index contributed by atoms with van der Waals surface area (Å²) >= 11 is 0. The molecule has 0 aliphatic heterocycles. The maximum atomic E-state index is 12.6. The number of amides is 2. The predicted octanol–water partition coefficient (Wildman–Crippen LogP) is 1.79. The fraction of sp³-hybridized carbons (Fsp3) is 0.300. The van der Waals surface area contributed by atoms with Gasteiger partial charge in [-0.15, -0.1) is 0 Å². The van der Waals surface area contributed by atoms with E-state index in [9.17, 15) is 14.7 Å². The third-order valence-corrected chi connectivity index (χ3v) is 4.56. The fourth-order valence-corrected chi connectivity index (χ4v) is 3.12. The molecule has 2 aromatic rings. The molecule has 6 nitrogen and oxygen atoms in total. The van der Waals surface area contributed by atoms with Gasteiger partial charge in [-0.1, -0.05) is 30.3 Å². The Morgan fingerprint density at radius 2 is 1.77 bits per heavy atom. The summed E-state index contributed by atoms with van der Waals surface area (Å²) in [5.74, 6) is -0.0569. The second kappa shape index (κ2) is 8.01. The minimum atomic E-state index is -0.555. The number of carbonyl (C=O) groups excluding carboxylic acids is 2. The van der Waals surface area contributed by atoms with Crippen molar-refractivity contribution in [2.75, 3.05) is 6.61 Å².